The standard InChI is InChI=1S/C19H24N4O2S/c1-5-19(3,4)17(25)20-18-22-21-16(26-18)13-10-15(24)23(11-13)14-8-6-12(2)7-9-14/h6-9,13H,5,10-11H2,1-4H3,(H,20,22,25). The van der Waals surface area contributed by atoms with E-state index in [0.717, 1.165) is 22.7 Å². The van der Waals surface area contributed by atoms with Crippen LogP contribution in [-0.2, 0) is 9.59 Å². The van der Waals surface area contributed by atoms with Crippen LogP contribution in [0.25, 0.3) is 0 Å². The van der Waals surface area contributed by atoms with Gasteiger partial charge < -0.3 is 10.2 Å². The van der Waals surface area contributed by atoms with Crippen LogP contribution in [0, 0.1) is 12.3 Å². The lowest BCUT2D eigenvalue weighted by Crippen LogP contribution is -2.29. The second kappa shape index (κ2) is 7.15. The maximum Gasteiger partial charge on any atom is 0.231 e. The molecule has 0 spiro atoms. The fraction of sp³-hybridized carbons (Fsp3) is 0.474. The smallest absolute Gasteiger partial charge is 0.231 e. The molecular formula is C19H24N4O2S. The number of carbonyl (C=O) groups is 2. The minimum Gasteiger partial charge on any atom is -0.312 e. The number of hydrogen-bond donors (Lipinski definition) is 1. The molecule has 1 aliphatic rings. The zero-order valence-corrected chi connectivity index (χ0v) is 16.4. The van der Waals surface area contributed by atoms with Crippen molar-refractivity contribution in [2.24, 2.45) is 5.41 Å². The highest BCUT2D eigenvalue weighted by Gasteiger charge is 2.34. The molecule has 1 unspecified atom stereocenters. The van der Waals surface area contributed by atoms with Gasteiger partial charge in [0.15, 0.2) is 0 Å². The molecule has 0 bridgehead atoms. The van der Waals surface area contributed by atoms with Crippen molar-refractivity contribution in [2.45, 2.75) is 46.5 Å². The number of rotatable bonds is 5. The largest absolute Gasteiger partial charge is 0.312 e. The van der Waals surface area contributed by atoms with E-state index in [0.29, 0.717) is 18.1 Å². The summed E-state index contributed by atoms with van der Waals surface area (Å²) in [4.78, 5) is 26.5. The molecule has 1 fully saturated rings. The van der Waals surface area contributed by atoms with E-state index < -0.39 is 5.41 Å². The van der Waals surface area contributed by atoms with Gasteiger partial charge in [-0.25, -0.2) is 0 Å². The SMILES string of the molecule is CCC(C)(C)C(=O)Nc1nnc(C2CC(=O)N(c3ccc(C)cc3)C2)s1. The van der Waals surface area contributed by atoms with Crippen LogP contribution < -0.4 is 10.2 Å². The van der Waals surface area contributed by atoms with Gasteiger partial charge in [-0.1, -0.05) is 49.8 Å². The highest BCUT2D eigenvalue weighted by molar-refractivity contribution is 7.15. The van der Waals surface area contributed by atoms with E-state index in [9.17, 15) is 9.59 Å². The quantitative estimate of drug-likeness (QED) is 0.867. The Kier molecular flexibility index (Phi) is 5.09. The second-order valence-electron chi connectivity index (χ2n) is 7.38. The number of benzene rings is 1. The van der Waals surface area contributed by atoms with E-state index in [1.807, 2.05) is 52.0 Å². The molecule has 7 heteroatoms. The van der Waals surface area contributed by atoms with Gasteiger partial charge >= 0.3 is 0 Å². The summed E-state index contributed by atoms with van der Waals surface area (Å²) in [6.07, 6.45) is 1.16. The molecule has 3 rings (SSSR count). The maximum atomic E-state index is 12.4. The van der Waals surface area contributed by atoms with Crippen molar-refractivity contribution >= 4 is 34.0 Å². The van der Waals surface area contributed by atoms with Crippen LogP contribution in [0.2, 0.25) is 0 Å². The van der Waals surface area contributed by atoms with Crippen LogP contribution in [0.3, 0.4) is 0 Å². The Morgan fingerprint density at radius 2 is 2.00 bits per heavy atom. The van der Waals surface area contributed by atoms with Crippen LogP contribution in [0.4, 0.5) is 10.8 Å². The first-order valence-corrected chi connectivity index (χ1v) is 9.63. The molecule has 6 nitrogen and oxygen atoms in total. The Balaban J connectivity index is 1.69. The number of carbonyl (C=O) groups excluding carboxylic acids is 2. The minimum atomic E-state index is -0.447. The fourth-order valence-corrected chi connectivity index (χ4v) is 3.55. The van der Waals surface area contributed by atoms with E-state index in [2.05, 4.69) is 15.5 Å². The van der Waals surface area contributed by atoms with E-state index in [1.54, 1.807) is 4.90 Å². The number of anilines is 2. The van der Waals surface area contributed by atoms with Crippen molar-refractivity contribution < 1.29 is 9.59 Å². The molecule has 1 atom stereocenters. The van der Waals surface area contributed by atoms with Crippen molar-refractivity contribution in [2.75, 3.05) is 16.8 Å². The first-order chi connectivity index (χ1) is 12.3. The first kappa shape index (κ1) is 18.5. The zero-order valence-electron chi connectivity index (χ0n) is 15.6. The molecule has 1 saturated heterocycles. The van der Waals surface area contributed by atoms with E-state index in [1.165, 1.54) is 11.3 Å². The van der Waals surface area contributed by atoms with Gasteiger partial charge in [0.05, 0.1) is 0 Å². The lowest BCUT2D eigenvalue weighted by atomic mass is 9.89. The molecular weight excluding hydrogens is 348 g/mol. The summed E-state index contributed by atoms with van der Waals surface area (Å²) in [5.74, 6) is 0.0318. The summed E-state index contributed by atoms with van der Waals surface area (Å²) in [5.41, 5.74) is 1.62. The molecule has 2 aromatic rings. The van der Waals surface area contributed by atoms with Crippen LogP contribution in [0.1, 0.15) is 50.1 Å². The second-order valence-corrected chi connectivity index (χ2v) is 8.39. The van der Waals surface area contributed by atoms with E-state index in [-0.39, 0.29) is 17.7 Å². The fourth-order valence-electron chi connectivity index (χ4n) is 2.72. The van der Waals surface area contributed by atoms with Crippen LogP contribution in [-0.4, -0.2) is 28.6 Å². The first-order valence-electron chi connectivity index (χ1n) is 8.82. The van der Waals surface area contributed by atoms with Gasteiger partial charge in [-0.05, 0) is 25.5 Å². The zero-order chi connectivity index (χ0) is 18.9. The molecule has 1 aromatic carbocycles. The maximum absolute atomic E-state index is 12.4. The van der Waals surface area contributed by atoms with Gasteiger partial charge in [0.1, 0.15) is 5.01 Å². The summed E-state index contributed by atoms with van der Waals surface area (Å²) >= 11 is 1.35. The van der Waals surface area contributed by atoms with Crippen molar-refractivity contribution in [1.82, 2.24) is 10.2 Å². The average Bonchev–Trinajstić information content (AvgIpc) is 3.22. The lowest BCUT2D eigenvalue weighted by Gasteiger charge is -2.20. The van der Waals surface area contributed by atoms with E-state index in [4.69, 9.17) is 0 Å². The predicted octanol–water partition coefficient (Wildman–Crippen LogP) is 3.74. The summed E-state index contributed by atoms with van der Waals surface area (Å²) in [6.45, 7) is 8.40. The van der Waals surface area contributed by atoms with Crippen molar-refractivity contribution in [3.63, 3.8) is 0 Å². The number of amides is 2. The van der Waals surface area contributed by atoms with Crippen LogP contribution >= 0.6 is 11.3 Å². The summed E-state index contributed by atoms with van der Waals surface area (Å²) in [5, 5.41) is 12.4. The Labute approximate surface area is 157 Å². The molecule has 2 amide bonds. The topological polar surface area (TPSA) is 75.2 Å². The third-order valence-corrected chi connectivity index (χ3v) is 5.98. The molecule has 0 saturated carbocycles. The third-order valence-electron chi connectivity index (χ3n) is 4.98. The molecule has 2 heterocycles. The van der Waals surface area contributed by atoms with Crippen LogP contribution in [0.5, 0.6) is 0 Å². The molecule has 1 aromatic heterocycles. The van der Waals surface area contributed by atoms with Crippen molar-refractivity contribution in [3.8, 4) is 0 Å². The summed E-state index contributed by atoms with van der Waals surface area (Å²) < 4.78 is 0. The van der Waals surface area contributed by atoms with Gasteiger partial charge in [0, 0.05) is 30.0 Å². The molecule has 138 valence electrons. The van der Waals surface area contributed by atoms with Crippen molar-refractivity contribution in [3.05, 3.63) is 34.8 Å². The number of hydrogen-bond acceptors (Lipinski definition) is 5. The third kappa shape index (κ3) is 3.77. The molecule has 1 aliphatic heterocycles. The normalized spacial score (nSPS) is 17.6. The number of nitrogens with zero attached hydrogens (tertiary/aromatic N) is 3. The number of aryl methyl sites for hydroxylation is 1. The highest BCUT2D eigenvalue weighted by Crippen LogP contribution is 2.34. The lowest BCUT2D eigenvalue weighted by molar-refractivity contribution is -0.124. The van der Waals surface area contributed by atoms with Gasteiger partial charge in [-0.2, -0.15) is 0 Å². The van der Waals surface area contributed by atoms with Gasteiger partial charge in [0.25, 0.3) is 0 Å². The molecule has 26 heavy (non-hydrogen) atoms. The van der Waals surface area contributed by atoms with Crippen LogP contribution in [0.15, 0.2) is 24.3 Å². The van der Waals surface area contributed by atoms with E-state index >= 15 is 0 Å². The Morgan fingerprint density at radius 3 is 2.65 bits per heavy atom. The Morgan fingerprint density at radius 1 is 1.31 bits per heavy atom. The van der Waals surface area contributed by atoms with Crippen molar-refractivity contribution in [1.29, 1.82) is 0 Å². The minimum absolute atomic E-state index is 0.00569. The molecule has 1 N–H and O–H groups in total. The summed E-state index contributed by atoms with van der Waals surface area (Å²) in [7, 11) is 0. The van der Waals surface area contributed by atoms with Gasteiger partial charge in [-0.3, -0.25) is 9.59 Å². The Hall–Kier alpha value is -2.28. The molecule has 0 aliphatic carbocycles. The Bertz CT molecular complexity index is 813. The summed E-state index contributed by atoms with van der Waals surface area (Å²) in [6, 6.07) is 7.94. The predicted molar refractivity (Wildman–Crippen MR) is 104 cm³/mol. The van der Waals surface area contributed by atoms with Gasteiger partial charge in [0.2, 0.25) is 16.9 Å². The number of aromatic nitrogens is 2. The monoisotopic (exact) mass is 372 g/mol. The van der Waals surface area contributed by atoms with Gasteiger partial charge in [-0.15, -0.1) is 10.2 Å². The number of nitrogens with one attached hydrogen (secondary N) is 1. The highest BCUT2D eigenvalue weighted by atomic mass is 32.1. The average molecular weight is 372 g/mol. The molecule has 0 radical (unpaired) electrons.